The zero-order valence-electron chi connectivity index (χ0n) is 17.6. The SMILES string of the molecule is CC(C)n1nccc1-c1nnc(NC(=O)C2CCCN(S(=O)(=O)c3ccc(F)cc3)C2)o1. The number of benzene rings is 1. The molecule has 1 amide bonds. The third-order valence-electron chi connectivity index (χ3n) is 5.24. The van der Waals surface area contributed by atoms with E-state index in [1.165, 1.54) is 16.4 Å². The molecule has 0 saturated carbocycles. The minimum Gasteiger partial charge on any atom is -0.401 e. The number of aromatic nitrogens is 4. The van der Waals surface area contributed by atoms with Crippen LogP contribution < -0.4 is 5.32 Å². The molecule has 32 heavy (non-hydrogen) atoms. The third-order valence-corrected chi connectivity index (χ3v) is 7.12. The van der Waals surface area contributed by atoms with E-state index in [1.807, 2.05) is 13.8 Å². The van der Waals surface area contributed by atoms with Gasteiger partial charge in [0.2, 0.25) is 15.9 Å². The molecule has 1 atom stereocenters. The lowest BCUT2D eigenvalue weighted by molar-refractivity contribution is -0.121. The molecule has 3 heterocycles. The number of amides is 1. The van der Waals surface area contributed by atoms with E-state index >= 15 is 0 Å². The molecule has 170 valence electrons. The maximum absolute atomic E-state index is 13.2. The molecule has 1 aliphatic heterocycles. The molecule has 1 unspecified atom stereocenters. The summed E-state index contributed by atoms with van der Waals surface area (Å²) in [4.78, 5) is 12.8. The Labute approximate surface area is 184 Å². The first kappa shape index (κ1) is 22.1. The molecule has 0 bridgehead atoms. The Morgan fingerprint density at radius 3 is 2.69 bits per heavy atom. The predicted octanol–water partition coefficient (Wildman–Crippen LogP) is 2.69. The molecule has 2 aromatic heterocycles. The van der Waals surface area contributed by atoms with Crippen LogP contribution >= 0.6 is 0 Å². The molecule has 1 aliphatic rings. The minimum atomic E-state index is -3.83. The van der Waals surface area contributed by atoms with Gasteiger partial charge < -0.3 is 4.42 Å². The maximum Gasteiger partial charge on any atom is 0.322 e. The lowest BCUT2D eigenvalue weighted by atomic mass is 9.99. The predicted molar refractivity (Wildman–Crippen MR) is 112 cm³/mol. The summed E-state index contributed by atoms with van der Waals surface area (Å²) in [6, 6.07) is 6.38. The Kier molecular flexibility index (Phi) is 6.07. The normalized spacial score (nSPS) is 17.6. The van der Waals surface area contributed by atoms with Gasteiger partial charge in [-0.05, 0) is 57.0 Å². The quantitative estimate of drug-likeness (QED) is 0.597. The summed E-state index contributed by atoms with van der Waals surface area (Å²) >= 11 is 0. The summed E-state index contributed by atoms with van der Waals surface area (Å²) in [5, 5.41) is 14.6. The van der Waals surface area contributed by atoms with Crippen LogP contribution in [0, 0.1) is 11.7 Å². The van der Waals surface area contributed by atoms with Gasteiger partial charge in [-0.3, -0.25) is 14.8 Å². The standard InChI is InChI=1S/C20H23FN6O4S/c1-13(2)27-17(9-10-22-27)19-24-25-20(31-19)23-18(28)14-4-3-11-26(12-14)32(29,30)16-7-5-15(21)6-8-16/h5-10,13-14H,3-4,11-12H2,1-2H3,(H,23,25,28). The van der Waals surface area contributed by atoms with E-state index in [4.69, 9.17) is 4.42 Å². The molecule has 0 radical (unpaired) electrons. The highest BCUT2D eigenvalue weighted by Crippen LogP contribution is 2.26. The first-order valence-corrected chi connectivity index (χ1v) is 11.6. The third kappa shape index (κ3) is 4.41. The highest BCUT2D eigenvalue weighted by Gasteiger charge is 2.34. The molecule has 0 aliphatic carbocycles. The number of halogens is 1. The summed E-state index contributed by atoms with van der Waals surface area (Å²) in [6.45, 7) is 4.22. The lowest BCUT2D eigenvalue weighted by Crippen LogP contribution is -2.43. The van der Waals surface area contributed by atoms with Gasteiger partial charge in [-0.15, -0.1) is 5.10 Å². The fraction of sp³-hybridized carbons (Fsp3) is 0.400. The van der Waals surface area contributed by atoms with Crippen molar-refractivity contribution in [1.29, 1.82) is 0 Å². The van der Waals surface area contributed by atoms with Crippen molar-refractivity contribution in [2.45, 2.75) is 37.6 Å². The van der Waals surface area contributed by atoms with Crippen molar-refractivity contribution in [3.05, 3.63) is 42.3 Å². The average Bonchev–Trinajstić information content (AvgIpc) is 3.43. The van der Waals surface area contributed by atoms with Crippen molar-refractivity contribution < 1.29 is 22.0 Å². The number of piperidine rings is 1. The Balaban J connectivity index is 1.44. The molecule has 0 spiro atoms. The topological polar surface area (TPSA) is 123 Å². The number of anilines is 1. The van der Waals surface area contributed by atoms with Gasteiger partial charge in [0.05, 0.1) is 10.8 Å². The number of carbonyl (C=O) groups excluding carboxylic acids is 1. The van der Waals surface area contributed by atoms with Crippen molar-refractivity contribution in [2.75, 3.05) is 18.4 Å². The zero-order valence-corrected chi connectivity index (χ0v) is 18.4. The number of sulfonamides is 1. The second kappa shape index (κ2) is 8.79. The van der Waals surface area contributed by atoms with E-state index in [2.05, 4.69) is 20.6 Å². The van der Waals surface area contributed by atoms with Gasteiger partial charge in [0.25, 0.3) is 5.89 Å². The number of rotatable bonds is 6. The van der Waals surface area contributed by atoms with Gasteiger partial charge in [0.15, 0.2) is 0 Å². The van der Waals surface area contributed by atoms with Crippen LogP contribution in [0.5, 0.6) is 0 Å². The minimum absolute atomic E-state index is 0.00660. The number of nitrogens with zero attached hydrogens (tertiary/aromatic N) is 5. The fourth-order valence-corrected chi connectivity index (χ4v) is 5.13. The zero-order chi connectivity index (χ0) is 22.9. The van der Waals surface area contributed by atoms with Gasteiger partial charge in [-0.2, -0.15) is 9.40 Å². The van der Waals surface area contributed by atoms with Gasteiger partial charge in [0, 0.05) is 25.3 Å². The Morgan fingerprint density at radius 1 is 1.22 bits per heavy atom. The largest absolute Gasteiger partial charge is 0.401 e. The van der Waals surface area contributed by atoms with Gasteiger partial charge in [-0.25, -0.2) is 12.8 Å². The monoisotopic (exact) mass is 462 g/mol. The molecular formula is C20H23FN6O4S. The highest BCUT2D eigenvalue weighted by molar-refractivity contribution is 7.89. The van der Waals surface area contributed by atoms with E-state index in [1.54, 1.807) is 16.9 Å². The van der Waals surface area contributed by atoms with E-state index in [-0.39, 0.29) is 35.9 Å². The molecular weight excluding hydrogens is 439 g/mol. The summed E-state index contributed by atoms with van der Waals surface area (Å²) in [5.74, 6) is -1.29. The van der Waals surface area contributed by atoms with Crippen LogP contribution in [-0.2, 0) is 14.8 Å². The Morgan fingerprint density at radius 2 is 1.97 bits per heavy atom. The second-order valence-electron chi connectivity index (χ2n) is 7.81. The maximum atomic E-state index is 13.2. The fourth-order valence-electron chi connectivity index (χ4n) is 3.61. The highest BCUT2D eigenvalue weighted by atomic mass is 32.2. The van der Waals surface area contributed by atoms with Crippen molar-refractivity contribution in [1.82, 2.24) is 24.3 Å². The Hall–Kier alpha value is -3.12. The van der Waals surface area contributed by atoms with Gasteiger partial charge in [0.1, 0.15) is 11.5 Å². The van der Waals surface area contributed by atoms with Gasteiger partial charge >= 0.3 is 6.01 Å². The summed E-state index contributed by atoms with van der Waals surface area (Å²) < 4.78 is 47.4. The molecule has 12 heteroatoms. The summed E-state index contributed by atoms with van der Waals surface area (Å²) in [6.07, 6.45) is 2.65. The average molecular weight is 463 g/mol. The molecule has 10 nitrogen and oxygen atoms in total. The number of hydrogen-bond donors (Lipinski definition) is 1. The lowest BCUT2D eigenvalue weighted by Gasteiger charge is -2.30. The van der Waals surface area contributed by atoms with Crippen LogP contribution in [0.1, 0.15) is 32.7 Å². The molecule has 1 N–H and O–H groups in total. The smallest absolute Gasteiger partial charge is 0.322 e. The van der Waals surface area contributed by atoms with Crippen LogP contribution in [0.25, 0.3) is 11.6 Å². The molecule has 1 fully saturated rings. The Bertz CT molecular complexity index is 1200. The van der Waals surface area contributed by atoms with Crippen LogP contribution in [0.15, 0.2) is 45.8 Å². The summed E-state index contributed by atoms with van der Waals surface area (Å²) in [7, 11) is -3.83. The van der Waals surface area contributed by atoms with E-state index < -0.39 is 27.7 Å². The molecule has 3 aromatic rings. The van der Waals surface area contributed by atoms with E-state index in [0.29, 0.717) is 18.5 Å². The van der Waals surface area contributed by atoms with Crippen molar-refractivity contribution in [2.24, 2.45) is 5.92 Å². The summed E-state index contributed by atoms with van der Waals surface area (Å²) in [5.41, 5.74) is 0.627. The first-order valence-electron chi connectivity index (χ1n) is 10.2. The number of nitrogens with one attached hydrogen (secondary N) is 1. The van der Waals surface area contributed by atoms with Crippen LogP contribution in [0.4, 0.5) is 10.4 Å². The van der Waals surface area contributed by atoms with Crippen LogP contribution in [0.3, 0.4) is 0 Å². The van der Waals surface area contributed by atoms with Crippen molar-refractivity contribution in [3.8, 4) is 11.6 Å². The van der Waals surface area contributed by atoms with E-state index in [0.717, 1.165) is 12.1 Å². The van der Waals surface area contributed by atoms with Crippen molar-refractivity contribution >= 4 is 21.9 Å². The number of carbonyl (C=O) groups is 1. The first-order chi connectivity index (χ1) is 15.3. The number of hydrogen-bond acceptors (Lipinski definition) is 7. The molecule has 4 rings (SSSR count). The molecule has 1 saturated heterocycles. The van der Waals surface area contributed by atoms with Crippen molar-refractivity contribution in [3.63, 3.8) is 0 Å². The van der Waals surface area contributed by atoms with Crippen LogP contribution in [-0.4, -0.2) is 51.7 Å². The molecule has 1 aromatic carbocycles. The van der Waals surface area contributed by atoms with Crippen LogP contribution in [0.2, 0.25) is 0 Å². The van der Waals surface area contributed by atoms with Gasteiger partial charge in [-0.1, -0.05) is 5.10 Å². The van der Waals surface area contributed by atoms with E-state index in [9.17, 15) is 17.6 Å². The second-order valence-corrected chi connectivity index (χ2v) is 9.75.